The molecule has 1 aliphatic heterocycles. The van der Waals surface area contributed by atoms with Gasteiger partial charge < -0.3 is 10.1 Å². The Morgan fingerprint density at radius 2 is 1.62 bits per heavy atom. The van der Waals surface area contributed by atoms with Crippen LogP contribution >= 0.6 is 0 Å². The molecule has 2 aromatic carbocycles. The van der Waals surface area contributed by atoms with E-state index in [4.69, 9.17) is 4.74 Å². The minimum Gasteiger partial charge on any atom is -0.492 e. The number of halogens is 1. The third kappa shape index (κ3) is 6.90. The summed E-state index contributed by atoms with van der Waals surface area (Å²) in [5.41, 5.74) is 0.176. The number of rotatable bonds is 10. The molecule has 1 fully saturated rings. The smallest absolute Gasteiger partial charge is 0.243 e. The van der Waals surface area contributed by atoms with Gasteiger partial charge in [-0.05, 0) is 61.4 Å². The number of anilines is 1. The number of carbonyl (C=O) groups excluding carboxylic acids is 1. The first-order chi connectivity index (χ1) is 16.1. The van der Waals surface area contributed by atoms with E-state index in [0.29, 0.717) is 18.8 Å². The Morgan fingerprint density at radius 3 is 2.21 bits per heavy atom. The van der Waals surface area contributed by atoms with Crippen molar-refractivity contribution in [1.82, 2.24) is 9.62 Å². The number of sulfonamides is 2. The monoisotopic (exact) mass is 513 g/mol. The number of hydrogen-bond acceptors (Lipinski definition) is 6. The topological polar surface area (TPSA) is 113 Å². The molecule has 1 saturated heterocycles. The predicted octanol–water partition coefficient (Wildman–Crippen LogP) is 1.96. The Bertz CT molecular complexity index is 1180. The second-order valence-electron chi connectivity index (χ2n) is 7.88. The van der Waals surface area contributed by atoms with Crippen molar-refractivity contribution >= 4 is 31.6 Å². The fourth-order valence-electron chi connectivity index (χ4n) is 3.52. The zero-order chi connectivity index (χ0) is 24.8. The van der Waals surface area contributed by atoms with Crippen LogP contribution < -0.4 is 14.4 Å². The van der Waals surface area contributed by atoms with E-state index in [2.05, 4.69) is 5.32 Å². The average Bonchev–Trinajstić information content (AvgIpc) is 2.81. The molecule has 0 spiro atoms. The number of nitrogens with one attached hydrogen (secondary N) is 1. The zero-order valence-corrected chi connectivity index (χ0v) is 20.4. The van der Waals surface area contributed by atoms with E-state index >= 15 is 0 Å². The summed E-state index contributed by atoms with van der Waals surface area (Å²) < 4.78 is 70.5. The van der Waals surface area contributed by atoms with Crippen molar-refractivity contribution in [2.24, 2.45) is 0 Å². The van der Waals surface area contributed by atoms with Gasteiger partial charge in [0.05, 0.1) is 23.4 Å². The molecule has 0 bridgehead atoms. The lowest BCUT2D eigenvalue weighted by Crippen LogP contribution is -2.41. The highest BCUT2D eigenvalue weighted by Gasteiger charge is 2.25. The lowest BCUT2D eigenvalue weighted by atomic mass is 10.2. The van der Waals surface area contributed by atoms with Crippen LogP contribution in [0.1, 0.15) is 19.3 Å². The van der Waals surface area contributed by atoms with Crippen molar-refractivity contribution in [2.75, 3.05) is 43.3 Å². The van der Waals surface area contributed by atoms with Crippen LogP contribution in [0.2, 0.25) is 0 Å². The van der Waals surface area contributed by atoms with Crippen LogP contribution in [0.15, 0.2) is 53.4 Å². The second kappa shape index (κ2) is 11.2. The highest BCUT2D eigenvalue weighted by atomic mass is 32.2. The first kappa shape index (κ1) is 25.9. The van der Waals surface area contributed by atoms with Gasteiger partial charge in [-0.1, -0.05) is 6.42 Å². The molecule has 1 N–H and O–H groups in total. The molecule has 0 atom stereocenters. The minimum absolute atomic E-state index is 0.0966. The number of nitrogens with zero attached hydrogens (tertiary/aromatic N) is 2. The molecule has 12 heteroatoms. The maximum atomic E-state index is 13.1. The molecule has 34 heavy (non-hydrogen) atoms. The molecule has 3 rings (SSSR count). The van der Waals surface area contributed by atoms with E-state index < -0.39 is 38.3 Å². The average molecular weight is 514 g/mol. The Kier molecular flexibility index (Phi) is 8.50. The molecular weight excluding hydrogens is 485 g/mol. The van der Waals surface area contributed by atoms with Gasteiger partial charge in [-0.3, -0.25) is 9.10 Å². The maximum Gasteiger partial charge on any atom is 0.243 e. The SMILES string of the molecule is CS(=O)(=O)N(CC(=O)NCCOc1ccc(S(=O)(=O)N2CCCCC2)cc1)c1ccc(F)cc1. The summed E-state index contributed by atoms with van der Waals surface area (Å²) in [7, 11) is -7.28. The Labute approximate surface area is 199 Å². The quantitative estimate of drug-likeness (QED) is 0.486. The third-order valence-electron chi connectivity index (χ3n) is 5.27. The molecule has 186 valence electrons. The van der Waals surface area contributed by atoms with Gasteiger partial charge >= 0.3 is 0 Å². The van der Waals surface area contributed by atoms with Crippen LogP contribution in [-0.2, 0) is 24.8 Å². The molecule has 0 aliphatic carbocycles. The third-order valence-corrected chi connectivity index (χ3v) is 8.33. The summed E-state index contributed by atoms with van der Waals surface area (Å²) in [5, 5.41) is 2.57. The molecule has 1 aliphatic rings. The summed E-state index contributed by atoms with van der Waals surface area (Å²) in [5.74, 6) is -0.631. The van der Waals surface area contributed by atoms with Gasteiger partial charge in [0.2, 0.25) is 26.0 Å². The highest BCUT2D eigenvalue weighted by Crippen LogP contribution is 2.22. The Balaban J connectivity index is 1.49. The van der Waals surface area contributed by atoms with Gasteiger partial charge in [0, 0.05) is 13.1 Å². The number of ether oxygens (including phenoxy) is 1. The van der Waals surface area contributed by atoms with Gasteiger partial charge in [-0.25, -0.2) is 21.2 Å². The van der Waals surface area contributed by atoms with Crippen molar-refractivity contribution in [3.05, 3.63) is 54.3 Å². The molecule has 2 aromatic rings. The Hall–Kier alpha value is -2.70. The van der Waals surface area contributed by atoms with Gasteiger partial charge in [0.1, 0.15) is 24.7 Å². The van der Waals surface area contributed by atoms with Crippen LogP contribution in [0.5, 0.6) is 5.75 Å². The van der Waals surface area contributed by atoms with E-state index in [9.17, 15) is 26.0 Å². The molecule has 0 saturated carbocycles. The number of amides is 1. The summed E-state index contributed by atoms with van der Waals surface area (Å²) >= 11 is 0. The molecule has 0 unspecified atom stereocenters. The molecular formula is C22H28FN3O6S2. The van der Waals surface area contributed by atoms with Crippen LogP contribution in [0, 0.1) is 5.82 Å². The van der Waals surface area contributed by atoms with Gasteiger partial charge in [0.25, 0.3) is 0 Å². The minimum atomic E-state index is -3.76. The largest absolute Gasteiger partial charge is 0.492 e. The van der Waals surface area contributed by atoms with Crippen molar-refractivity contribution in [1.29, 1.82) is 0 Å². The second-order valence-corrected chi connectivity index (χ2v) is 11.7. The standard InChI is InChI=1S/C22H28FN3O6S2/c1-33(28,29)26(19-7-5-18(23)6-8-19)17-22(27)24-13-16-32-20-9-11-21(12-10-20)34(30,31)25-14-3-2-4-15-25/h5-12H,2-4,13-17H2,1H3,(H,24,27). The summed E-state index contributed by atoms with van der Waals surface area (Å²) in [6.07, 6.45) is 3.71. The van der Waals surface area contributed by atoms with Crippen LogP contribution in [0.25, 0.3) is 0 Å². The van der Waals surface area contributed by atoms with Crippen LogP contribution in [0.3, 0.4) is 0 Å². The first-order valence-electron chi connectivity index (χ1n) is 10.8. The molecule has 0 radical (unpaired) electrons. The molecule has 1 heterocycles. The van der Waals surface area contributed by atoms with Crippen molar-refractivity contribution in [2.45, 2.75) is 24.2 Å². The maximum absolute atomic E-state index is 13.1. The molecule has 1 amide bonds. The van der Waals surface area contributed by atoms with E-state index in [1.165, 1.54) is 28.6 Å². The fourth-order valence-corrected chi connectivity index (χ4v) is 5.89. The lowest BCUT2D eigenvalue weighted by molar-refractivity contribution is -0.119. The fraction of sp³-hybridized carbons (Fsp3) is 0.409. The van der Waals surface area contributed by atoms with Gasteiger partial charge in [-0.15, -0.1) is 0 Å². The molecule has 0 aromatic heterocycles. The van der Waals surface area contributed by atoms with Gasteiger partial charge in [0.15, 0.2) is 0 Å². The van der Waals surface area contributed by atoms with Crippen molar-refractivity contribution in [3.8, 4) is 5.75 Å². The lowest BCUT2D eigenvalue weighted by Gasteiger charge is -2.25. The van der Waals surface area contributed by atoms with Crippen molar-refractivity contribution < 1.29 is 30.8 Å². The van der Waals surface area contributed by atoms with E-state index in [1.54, 1.807) is 12.1 Å². The molecule has 9 nitrogen and oxygen atoms in total. The number of piperidine rings is 1. The summed E-state index contributed by atoms with van der Waals surface area (Å²) in [4.78, 5) is 12.4. The van der Waals surface area contributed by atoms with E-state index in [0.717, 1.165) is 42.0 Å². The predicted molar refractivity (Wildman–Crippen MR) is 126 cm³/mol. The number of benzene rings is 2. The Morgan fingerprint density at radius 1 is 1.00 bits per heavy atom. The normalized spacial score (nSPS) is 15.0. The first-order valence-corrected chi connectivity index (χ1v) is 14.1. The number of carbonyl (C=O) groups is 1. The van der Waals surface area contributed by atoms with Gasteiger partial charge in [-0.2, -0.15) is 4.31 Å². The zero-order valence-electron chi connectivity index (χ0n) is 18.8. The number of hydrogen-bond donors (Lipinski definition) is 1. The van der Waals surface area contributed by atoms with Crippen LogP contribution in [-0.4, -0.2) is 66.1 Å². The van der Waals surface area contributed by atoms with E-state index in [-0.39, 0.29) is 23.7 Å². The van der Waals surface area contributed by atoms with E-state index in [1.807, 2.05) is 0 Å². The summed E-state index contributed by atoms with van der Waals surface area (Å²) in [6.45, 7) is 0.789. The highest BCUT2D eigenvalue weighted by molar-refractivity contribution is 7.92. The van der Waals surface area contributed by atoms with Crippen molar-refractivity contribution in [3.63, 3.8) is 0 Å². The summed E-state index contributed by atoms with van der Waals surface area (Å²) in [6, 6.07) is 10.9. The van der Waals surface area contributed by atoms with Crippen LogP contribution in [0.4, 0.5) is 10.1 Å².